The average Bonchev–Trinajstić information content (AvgIpc) is 2.26. The van der Waals surface area contributed by atoms with Crippen LogP contribution in [-0.2, 0) is 0 Å². The molecule has 1 heterocycles. The van der Waals surface area contributed by atoms with Crippen LogP contribution in [0.3, 0.4) is 0 Å². The lowest BCUT2D eigenvalue weighted by molar-refractivity contribution is 0.265. The van der Waals surface area contributed by atoms with Gasteiger partial charge in [-0.1, -0.05) is 0 Å². The van der Waals surface area contributed by atoms with E-state index in [1.807, 2.05) is 0 Å². The third-order valence-corrected chi connectivity index (χ3v) is 3.44. The highest BCUT2D eigenvalue weighted by Gasteiger charge is 2.14. The molecule has 1 aliphatic rings. The van der Waals surface area contributed by atoms with Crippen LogP contribution in [0.1, 0.15) is 26.7 Å². The standard InChI is InChI=1S/C10H22N2S/c1-10(2,11)4-6-12-5-3-8-13-9-7-12/h3-9,11H2,1-2H3. The number of thioether (sulfide) groups is 1. The zero-order chi connectivity index (χ0) is 9.73. The van der Waals surface area contributed by atoms with Crippen molar-refractivity contribution in [3.63, 3.8) is 0 Å². The van der Waals surface area contributed by atoms with Crippen LogP contribution in [0.5, 0.6) is 0 Å². The first kappa shape index (κ1) is 11.3. The first-order chi connectivity index (χ1) is 6.08. The second-order valence-electron chi connectivity index (χ2n) is 4.55. The van der Waals surface area contributed by atoms with E-state index in [0.717, 1.165) is 6.42 Å². The van der Waals surface area contributed by atoms with Crippen LogP contribution < -0.4 is 5.73 Å². The smallest absolute Gasteiger partial charge is 0.0109 e. The van der Waals surface area contributed by atoms with Crippen molar-refractivity contribution in [2.75, 3.05) is 31.1 Å². The van der Waals surface area contributed by atoms with Crippen molar-refractivity contribution in [3.05, 3.63) is 0 Å². The molecule has 1 fully saturated rings. The molecule has 0 amide bonds. The van der Waals surface area contributed by atoms with Gasteiger partial charge in [0.05, 0.1) is 0 Å². The summed E-state index contributed by atoms with van der Waals surface area (Å²) in [5.74, 6) is 2.63. The van der Waals surface area contributed by atoms with E-state index >= 15 is 0 Å². The number of hydrogen-bond donors (Lipinski definition) is 1. The molecule has 0 atom stereocenters. The summed E-state index contributed by atoms with van der Waals surface area (Å²) >= 11 is 2.08. The number of nitrogens with two attached hydrogens (primary N) is 1. The molecule has 3 heteroatoms. The van der Waals surface area contributed by atoms with Crippen LogP contribution in [-0.4, -0.2) is 41.6 Å². The Bertz CT molecular complexity index is 134. The lowest BCUT2D eigenvalue weighted by Crippen LogP contribution is -2.38. The molecular formula is C10H22N2S. The maximum atomic E-state index is 5.96. The Kier molecular flexibility index (Phi) is 4.56. The van der Waals surface area contributed by atoms with Crippen LogP contribution >= 0.6 is 11.8 Å². The van der Waals surface area contributed by atoms with Crippen LogP contribution in [0.25, 0.3) is 0 Å². The summed E-state index contributed by atoms with van der Waals surface area (Å²) in [5, 5.41) is 0. The van der Waals surface area contributed by atoms with Crippen molar-refractivity contribution in [3.8, 4) is 0 Å². The molecule has 0 aromatic rings. The van der Waals surface area contributed by atoms with Gasteiger partial charge in [0.1, 0.15) is 0 Å². The molecule has 0 aromatic carbocycles. The first-order valence-electron chi connectivity index (χ1n) is 5.17. The van der Waals surface area contributed by atoms with Gasteiger partial charge in [-0.3, -0.25) is 0 Å². The summed E-state index contributed by atoms with van der Waals surface area (Å²) in [4.78, 5) is 2.55. The largest absolute Gasteiger partial charge is 0.326 e. The molecule has 0 aromatic heterocycles. The Balaban J connectivity index is 2.19. The third kappa shape index (κ3) is 5.55. The predicted molar refractivity (Wildman–Crippen MR) is 61.3 cm³/mol. The molecule has 0 aliphatic carbocycles. The highest BCUT2D eigenvalue weighted by molar-refractivity contribution is 7.99. The molecule has 78 valence electrons. The molecule has 2 N–H and O–H groups in total. The number of rotatable bonds is 3. The van der Waals surface area contributed by atoms with Crippen molar-refractivity contribution in [2.45, 2.75) is 32.2 Å². The molecule has 13 heavy (non-hydrogen) atoms. The van der Waals surface area contributed by atoms with E-state index in [0.29, 0.717) is 0 Å². The van der Waals surface area contributed by atoms with Crippen LogP contribution in [0.15, 0.2) is 0 Å². The fourth-order valence-corrected chi connectivity index (χ4v) is 2.39. The molecule has 0 spiro atoms. The predicted octanol–water partition coefficient (Wildman–Crippen LogP) is 1.55. The minimum Gasteiger partial charge on any atom is -0.326 e. The van der Waals surface area contributed by atoms with Crippen molar-refractivity contribution in [1.82, 2.24) is 4.90 Å². The van der Waals surface area contributed by atoms with E-state index in [2.05, 4.69) is 30.5 Å². The summed E-state index contributed by atoms with van der Waals surface area (Å²) in [7, 11) is 0. The normalized spacial score (nSPS) is 21.5. The maximum Gasteiger partial charge on any atom is 0.0109 e. The van der Waals surface area contributed by atoms with E-state index in [1.54, 1.807) is 0 Å². The Morgan fingerprint density at radius 1 is 1.31 bits per heavy atom. The molecular weight excluding hydrogens is 180 g/mol. The molecule has 1 rings (SSSR count). The molecule has 1 saturated heterocycles. The Morgan fingerprint density at radius 2 is 2.08 bits per heavy atom. The monoisotopic (exact) mass is 202 g/mol. The van der Waals surface area contributed by atoms with Crippen molar-refractivity contribution in [2.24, 2.45) is 5.73 Å². The fourth-order valence-electron chi connectivity index (χ4n) is 1.47. The zero-order valence-electron chi connectivity index (χ0n) is 8.88. The van der Waals surface area contributed by atoms with Crippen LogP contribution in [0.4, 0.5) is 0 Å². The van der Waals surface area contributed by atoms with Crippen molar-refractivity contribution >= 4 is 11.8 Å². The Hall–Kier alpha value is 0.270. The summed E-state index contributed by atoms with van der Waals surface area (Å²) < 4.78 is 0. The summed E-state index contributed by atoms with van der Waals surface area (Å²) in [6.07, 6.45) is 2.45. The van der Waals surface area contributed by atoms with Crippen molar-refractivity contribution in [1.29, 1.82) is 0 Å². The molecule has 0 saturated carbocycles. The Morgan fingerprint density at radius 3 is 2.77 bits per heavy atom. The summed E-state index contributed by atoms with van der Waals surface area (Å²) in [6, 6.07) is 0. The summed E-state index contributed by atoms with van der Waals surface area (Å²) in [6.45, 7) is 7.91. The van der Waals surface area contributed by atoms with Gasteiger partial charge < -0.3 is 10.6 Å². The SMILES string of the molecule is CC(C)(N)CCN1CCCSCC1. The van der Waals surface area contributed by atoms with Gasteiger partial charge in [-0.05, 0) is 45.5 Å². The van der Waals surface area contributed by atoms with E-state index < -0.39 is 0 Å². The molecule has 0 radical (unpaired) electrons. The second kappa shape index (κ2) is 5.23. The van der Waals surface area contributed by atoms with E-state index in [4.69, 9.17) is 5.73 Å². The van der Waals surface area contributed by atoms with Crippen LogP contribution in [0.2, 0.25) is 0 Å². The van der Waals surface area contributed by atoms with E-state index in [-0.39, 0.29) is 5.54 Å². The molecule has 1 aliphatic heterocycles. The van der Waals surface area contributed by atoms with Gasteiger partial charge >= 0.3 is 0 Å². The van der Waals surface area contributed by atoms with Gasteiger partial charge in [0, 0.05) is 17.8 Å². The first-order valence-corrected chi connectivity index (χ1v) is 6.32. The van der Waals surface area contributed by atoms with Gasteiger partial charge in [-0.25, -0.2) is 0 Å². The zero-order valence-corrected chi connectivity index (χ0v) is 9.70. The minimum atomic E-state index is -0.000548. The highest BCUT2D eigenvalue weighted by atomic mass is 32.2. The van der Waals surface area contributed by atoms with Gasteiger partial charge in [0.2, 0.25) is 0 Å². The van der Waals surface area contributed by atoms with Gasteiger partial charge in [-0.2, -0.15) is 11.8 Å². The lowest BCUT2D eigenvalue weighted by atomic mass is 10.0. The van der Waals surface area contributed by atoms with Gasteiger partial charge in [-0.15, -0.1) is 0 Å². The number of nitrogens with zero attached hydrogens (tertiary/aromatic N) is 1. The van der Waals surface area contributed by atoms with Gasteiger partial charge in [0.25, 0.3) is 0 Å². The second-order valence-corrected chi connectivity index (χ2v) is 5.77. The molecule has 0 bridgehead atoms. The Labute approximate surface area is 86.2 Å². The van der Waals surface area contributed by atoms with Crippen LogP contribution in [0, 0.1) is 0 Å². The molecule has 0 unspecified atom stereocenters. The maximum absolute atomic E-state index is 5.96. The van der Waals surface area contributed by atoms with E-state index in [9.17, 15) is 0 Å². The van der Waals surface area contributed by atoms with Gasteiger partial charge in [0.15, 0.2) is 0 Å². The summed E-state index contributed by atoms with van der Waals surface area (Å²) in [5.41, 5.74) is 5.96. The van der Waals surface area contributed by atoms with E-state index in [1.165, 1.54) is 37.6 Å². The average molecular weight is 202 g/mol. The quantitative estimate of drug-likeness (QED) is 0.753. The topological polar surface area (TPSA) is 29.3 Å². The fraction of sp³-hybridized carbons (Fsp3) is 1.00. The molecule has 2 nitrogen and oxygen atoms in total. The highest BCUT2D eigenvalue weighted by Crippen LogP contribution is 2.12. The third-order valence-electron chi connectivity index (χ3n) is 2.39. The lowest BCUT2D eigenvalue weighted by Gasteiger charge is -2.25. The minimum absolute atomic E-state index is 0.000548. The van der Waals surface area contributed by atoms with Crippen molar-refractivity contribution < 1.29 is 0 Å². The number of hydrogen-bond acceptors (Lipinski definition) is 3.